The summed E-state index contributed by atoms with van der Waals surface area (Å²) in [5.74, 6) is 0.961. The van der Waals surface area contributed by atoms with Gasteiger partial charge in [-0.2, -0.15) is 0 Å². The molecule has 0 spiro atoms. The van der Waals surface area contributed by atoms with Gasteiger partial charge in [0.2, 0.25) is 0 Å². The van der Waals surface area contributed by atoms with Gasteiger partial charge in [-0.1, -0.05) is 23.2 Å². The Morgan fingerprint density at radius 2 is 2.16 bits per heavy atom. The molecular formula is C14H13Cl2NOS. The number of ether oxygens (including phenoxy) is 1. The Bertz CT molecular complexity index is 611. The number of benzene rings is 1. The third-order valence-electron chi connectivity index (χ3n) is 3.22. The predicted molar refractivity (Wildman–Crippen MR) is 80.6 cm³/mol. The summed E-state index contributed by atoms with van der Waals surface area (Å²) in [4.78, 5) is 1.08. The van der Waals surface area contributed by atoms with Gasteiger partial charge in [-0.05, 0) is 41.8 Å². The van der Waals surface area contributed by atoms with Crippen molar-refractivity contribution in [3.8, 4) is 5.75 Å². The van der Waals surface area contributed by atoms with Crippen molar-refractivity contribution in [1.82, 2.24) is 0 Å². The van der Waals surface area contributed by atoms with Gasteiger partial charge in [-0.25, -0.2) is 0 Å². The summed E-state index contributed by atoms with van der Waals surface area (Å²) in [5.41, 5.74) is 8.50. The van der Waals surface area contributed by atoms with Crippen LogP contribution in [0.4, 0.5) is 0 Å². The molecule has 0 saturated heterocycles. The zero-order valence-corrected chi connectivity index (χ0v) is 12.5. The molecule has 0 bridgehead atoms. The van der Waals surface area contributed by atoms with Crippen molar-refractivity contribution in [2.24, 2.45) is 5.73 Å². The SMILES string of the molecule is NC(Cc1cc(Cl)cc2c1OCC2)c1ccc(Cl)s1. The zero-order valence-electron chi connectivity index (χ0n) is 10.2. The number of fused-ring (bicyclic) bond motifs is 1. The average Bonchev–Trinajstić information content (AvgIpc) is 2.97. The molecule has 0 aliphatic carbocycles. The maximum atomic E-state index is 6.24. The minimum absolute atomic E-state index is 0.0794. The van der Waals surface area contributed by atoms with Crippen molar-refractivity contribution in [3.05, 3.63) is 49.6 Å². The number of hydrogen-bond acceptors (Lipinski definition) is 3. The molecule has 1 unspecified atom stereocenters. The Morgan fingerprint density at radius 3 is 2.89 bits per heavy atom. The van der Waals surface area contributed by atoms with Crippen molar-refractivity contribution in [2.75, 3.05) is 6.61 Å². The van der Waals surface area contributed by atoms with E-state index < -0.39 is 0 Å². The quantitative estimate of drug-likeness (QED) is 0.920. The van der Waals surface area contributed by atoms with E-state index in [0.717, 1.165) is 38.6 Å². The fourth-order valence-corrected chi connectivity index (χ4v) is 3.69. The third kappa shape index (κ3) is 2.75. The second-order valence-corrected chi connectivity index (χ2v) is 6.79. The van der Waals surface area contributed by atoms with Gasteiger partial charge in [0.05, 0.1) is 10.9 Å². The molecule has 5 heteroatoms. The highest BCUT2D eigenvalue weighted by atomic mass is 35.5. The summed E-state index contributed by atoms with van der Waals surface area (Å²) in [6.07, 6.45) is 1.63. The fraction of sp³-hybridized carbons (Fsp3) is 0.286. The van der Waals surface area contributed by atoms with E-state index in [4.69, 9.17) is 33.7 Å². The lowest BCUT2D eigenvalue weighted by atomic mass is 10.0. The molecule has 100 valence electrons. The van der Waals surface area contributed by atoms with Crippen LogP contribution in [0.25, 0.3) is 0 Å². The van der Waals surface area contributed by atoms with Crippen LogP contribution in [-0.2, 0) is 12.8 Å². The van der Waals surface area contributed by atoms with Gasteiger partial charge in [-0.3, -0.25) is 0 Å². The van der Waals surface area contributed by atoms with E-state index >= 15 is 0 Å². The van der Waals surface area contributed by atoms with Gasteiger partial charge < -0.3 is 10.5 Å². The van der Waals surface area contributed by atoms with Gasteiger partial charge in [0.15, 0.2) is 0 Å². The molecule has 1 aliphatic rings. The Balaban J connectivity index is 1.87. The van der Waals surface area contributed by atoms with E-state index in [9.17, 15) is 0 Å². The maximum Gasteiger partial charge on any atom is 0.125 e. The molecule has 2 nitrogen and oxygen atoms in total. The highest BCUT2D eigenvalue weighted by molar-refractivity contribution is 7.16. The number of thiophene rings is 1. The molecule has 0 saturated carbocycles. The molecule has 0 radical (unpaired) electrons. The Kier molecular flexibility index (Phi) is 3.72. The first-order valence-corrected chi connectivity index (χ1v) is 7.65. The summed E-state index contributed by atoms with van der Waals surface area (Å²) >= 11 is 13.6. The van der Waals surface area contributed by atoms with Crippen molar-refractivity contribution in [2.45, 2.75) is 18.9 Å². The highest BCUT2D eigenvalue weighted by Gasteiger charge is 2.20. The molecule has 2 aromatic rings. The van der Waals surface area contributed by atoms with Crippen LogP contribution >= 0.6 is 34.5 Å². The van der Waals surface area contributed by atoms with E-state index in [1.807, 2.05) is 24.3 Å². The van der Waals surface area contributed by atoms with Gasteiger partial charge in [0, 0.05) is 22.4 Å². The van der Waals surface area contributed by atoms with Crippen LogP contribution in [0, 0.1) is 0 Å². The Labute approximate surface area is 126 Å². The fourth-order valence-electron chi connectivity index (χ4n) is 2.36. The molecule has 0 fully saturated rings. The standard InChI is InChI=1S/C14H13Cl2NOS/c15-10-5-8-3-4-18-14(8)9(6-10)7-11(17)12-1-2-13(16)19-12/h1-2,5-6,11H,3-4,7,17H2. The first-order valence-electron chi connectivity index (χ1n) is 6.08. The smallest absolute Gasteiger partial charge is 0.125 e. The van der Waals surface area contributed by atoms with Crippen molar-refractivity contribution < 1.29 is 4.74 Å². The number of halogens is 2. The van der Waals surface area contributed by atoms with E-state index in [1.165, 1.54) is 16.9 Å². The van der Waals surface area contributed by atoms with Crippen molar-refractivity contribution in [3.63, 3.8) is 0 Å². The molecule has 3 rings (SSSR count). The average molecular weight is 314 g/mol. The normalized spacial score (nSPS) is 15.1. The minimum Gasteiger partial charge on any atom is -0.493 e. The van der Waals surface area contributed by atoms with Crippen molar-refractivity contribution >= 4 is 34.5 Å². The van der Waals surface area contributed by atoms with Crippen LogP contribution in [0.15, 0.2) is 24.3 Å². The van der Waals surface area contributed by atoms with E-state index in [1.54, 1.807) is 0 Å². The number of rotatable bonds is 3. The van der Waals surface area contributed by atoms with Crippen LogP contribution in [0.1, 0.15) is 22.0 Å². The molecule has 1 aromatic carbocycles. The van der Waals surface area contributed by atoms with Gasteiger partial charge in [0.25, 0.3) is 0 Å². The minimum atomic E-state index is -0.0794. The molecular weight excluding hydrogens is 301 g/mol. The lowest BCUT2D eigenvalue weighted by Crippen LogP contribution is -2.12. The lowest BCUT2D eigenvalue weighted by molar-refractivity contribution is 0.352. The Hall–Kier alpha value is -0.740. The van der Waals surface area contributed by atoms with Crippen LogP contribution in [0.3, 0.4) is 0 Å². The first-order chi connectivity index (χ1) is 9.13. The van der Waals surface area contributed by atoms with Crippen LogP contribution < -0.4 is 10.5 Å². The summed E-state index contributed by atoms with van der Waals surface area (Å²) < 4.78 is 6.45. The molecule has 1 aromatic heterocycles. The second-order valence-electron chi connectivity index (χ2n) is 4.60. The highest BCUT2D eigenvalue weighted by Crippen LogP contribution is 2.36. The lowest BCUT2D eigenvalue weighted by Gasteiger charge is -2.13. The van der Waals surface area contributed by atoms with Crippen LogP contribution in [0.5, 0.6) is 5.75 Å². The van der Waals surface area contributed by atoms with E-state index in [-0.39, 0.29) is 6.04 Å². The number of nitrogens with two attached hydrogens (primary N) is 1. The van der Waals surface area contributed by atoms with Gasteiger partial charge in [-0.15, -0.1) is 11.3 Å². The van der Waals surface area contributed by atoms with Crippen molar-refractivity contribution in [1.29, 1.82) is 0 Å². The predicted octanol–water partition coefficient (Wildman–Crippen LogP) is 4.23. The van der Waals surface area contributed by atoms with Gasteiger partial charge in [0.1, 0.15) is 5.75 Å². The summed E-state index contributed by atoms with van der Waals surface area (Å²) in [6.45, 7) is 0.725. The molecule has 0 amide bonds. The molecule has 2 N–H and O–H groups in total. The van der Waals surface area contributed by atoms with Crippen LogP contribution in [-0.4, -0.2) is 6.61 Å². The second kappa shape index (κ2) is 5.33. The molecule has 1 atom stereocenters. The molecule has 2 heterocycles. The van der Waals surface area contributed by atoms with Gasteiger partial charge >= 0.3 is 0 Å². The maximum absolute atomic E-state index is 6.24. The summed E-state index contributed by atoms with van der Waals surface area (Å²) in [6, 6.07) is 7.69. The van der Waals surface area contributed by atoms with E-state index in [0.29, 0.717) is 6.42 Å². The molecule has 19 heavy (non-hydrogen) atoms. The third-order valence-corrected chi connectivity index (χ3v) is 4.81. The largest absolute Gasteiger partial charge is 0.493 e. The van der Waals surface area contributed by atoms with Crippen LogP contribution in [0.2, 0.25) is 9.36 Å². The topological polar surface area (TPSA) is 35.2 Å². The Morgan fingerprint density at radius 1 is 1.32 bits per heavy atom. The number of hydrogen-bond donors (Lipinski definition) is 1. The van der Waals surface area contributed by atoms with E-state index in [2.05, 4.69) is 0 Å². The summed E-state index contributed by atoms with van der Waals surface area (Å²) in [5, 5.41) is 0.746. The summed E-state index contributed by atoms with van der Waals surface area (Å²) in [7, 11) is 0. The monoisotopic (exact) mass is 313 g/mol. The first kappa shape index (κ1) is 13.3. The zero-order chi connectivity index (χ0) is 13.4. The molecule has 1 aliphatic heterocycles.